The lowest BCUT2D eigenvalue weighted by Gasteiger charge is -2.20. The Hall–Kier alpha value is -5.04. The minimum atomic E-state index is -0.378. The van der Waals surface area contributed by atoms with Crippen LogP contribution in [0, 0.1) is 0 Å². The van der Waals surface area contributed by atoms with Crippen LogP contribution in [0.15, 0.2) is 110 Å². The first-order chi connectivity index (χ1) is 21.2. The van der Waals surface area contributed by atoms with E-state index in [0.717, 1.165) is 52.9 Å². The molecule has 0 saturated carbocycles. The number of hydrogen-bond acceptors (Lipinski definition) is 4. The number of amides is 1. The second kappa shape index (κ2) is 13.3. The van der Waals surface area contributed by atoms with Gasteiger partial charge in [-0.25, -0.2) is 0 Å². The number of benzene rings is 3. The first-order valence-corrected chi connectivity index (χ1v) is 14.9. The molecular formula is C36H36N6O. The number of rotatable bonds is 12. The van der Waals surface area contributed by atoms with Crippen molar-refractivity contribution in [1.82, 2.24) is 30.0 Å². The molecule has 7 heteroatoms. The lowest BCUT2D eigenvalue weighted by atomic mass is 10.0. The summed E-state index contributed by atoms with van der Waals surface area (Å²) >= 11 is 0. The molecule has 6 rings (SSSR count). The van der Waals surface area contributed by atoms with Gasteiger partial charge in [0.05, 0.1) is 19.0 Å². The molecule has 0 spiro atoms. The van der Waals surface area contributed by atoms with E-state index in [1.807, 2.05) is 36.5 Å². The summed E-state index contributed by atoms with van der Waals surface area (Å²) in [5, 5.41) is 13.9. The number of nitrogens with one attached hydrogen (secondary N) is 2. The Morgan fingerprint density at radius 2 is 1.60 bits per heavy atom. The van der Waals surface area contributed by atoms with Gasteiger partial charge >= 0.3 is 0 Å². The SMILES string of the molecule is CCc1ccc(Cn2c(CCc3ccccc3)nnc2[C@@H](Cc2c[nH]c3ccccc23)NC(=O)Cc2cccnc2)cc1. The van der Waals surface area contributed by atoms with Gasteiger partial charge in [0, 0.05) is 42.3 Å². The highest BCUT2D eigenvalue weighted by molar-refractivity contribution is 5.83. The summed E-state index contributed by atoms with van der Waals surface area (Å²) in [5.74, 6) is 1.59. The van der Waals surface area contributed by atoms with Crippen molar-refractivity contribution >= 4 is 16.8 Å². The van der Waals surface area contributed by atoms with E-state index in [9.17, 15) is 4.79 Å². The van der Waals surface area contributed by atoms with Crippen LogP contribution in [0.1, 0.15) is 52.4 Å². The van der Waals surface area contributed by atoms with Gasteiger partial charge in [-0.15, -0.1) is 10.2 Å². The largest absolute Gasteiger partial charge is 0.361 e. The zero-order chi connectivity index (χ0) is 29.4. The lowest BCUT2D eigenvalue weighted by Crippen LogP contribution is -2.33. The van der Waals surface area contributed by atoms with Crippen LogP contribution in [-0.4, -0.2) is 30.6 Å². The summed E-state index contributed by atoms with van der Waals surface area (Å²) in [5.41, 5.74) is 6.79. The summed E-state index contributed by atoms with van der Waals surface area (Å²) in [7, 11) is 0. The molecule has 3 aromatic heterocycles. The van der Waals surface area contributed by atoms with Crippen molar-refractivity contribution in [3.05, 3.63) is 149 Å². The molecular weight excluding hydrogens is 532 g/mol. The van der Waals surface area contributed by atoms with Crippen molar-refractivity contribution in [3.63, 3.8) is 0 Å². The quantitative estimate of drug-likeness (QED) is 0.184. The summed E-state index contributed by atoms with van der Waals surface area (Å²) in [6.45, 7) is 2.79. The molecule has 0 radical (unpaired) electrons. The molecule has 0 bridgehead atoms. The molecule has 2 N–H and O–H groups in total. The van der Waals surface area contributed by atoms with Crippen molar-refractivity contribution in [2.45, 2.75) is 51.6 Å². The highest BCUT2D eigenvalue weighted by Crippen LogP contribution is 2.26. The van der Waals surface area contributed by atoms with Crippen LogP contribution in [0.5, 0.6) is 0 Å². The van der Waals surface area contributed by atoms with Gasteiger partial charge in [-0.1, -0.05) is 85.8 Å². The van der Waals surface area contributed by atoms with E-state index < -0.39 is 0 Å². The first kappa shape index (κ1) is 28.1. The molecule has 0 aliphatic carbocycles. The number of carbonyl (C=O) groups is 1. The molecule has 3 heterocycles. The van der Waals surface area contributed by atoms with Crippen LogP contribution < -0.4 is 5.32 Å². The summed E-state index contributed by atoms with van der Waals surface area (Å²) in [4.78, 5) is 21.0. The molecule has 1 amide bonds. The Bertz CT molecular complexity index is 1770. The van der Waals surface area contributed by atoms with E-state index in [0.29, 0.717) is 13.0 Å². The van der Waals surface area contributed by atoms with E-state index in [-0.39, 0.29) is 18.4 Å². The maximum Gasteiger partial charge on any atom is 0.225 e. The molecule has 0 aliphatic heterocycles. The van der Waals surface area contributed by atoms with Crippen LogP contribution in [-0.2, 0) is 43.4 Å². The van der Waals surface area contributed by atoms with Gasteiger partial charge in [-0.2, -0.15) is 0 Å². The minimum Gasteiger partial charge on any atom is -0.361 e. The van der Waals surface area contributed by atoms with Crippen molar-refractivity contribution in [3.8, 4) is 0 Å². The third-order valence-electron chi connectivity index (χ3n) is 7.94. The van der Waals surface area contributed by atoms with Gasteiger partial charge in [0.1, 0.15) is 5.82 Å². The highest BCUT2D eigenvalue weighted by Gasteiger charge is 2.25. The third kappa shape index (κ3) is 6.89. The third-order valence-corrected chi connectivity index (χ3v) is 7.94. The number of hydrogen-bond donors (Lipinski definition) is 2. The van der Waals surface area contributed by atoms with E-state index in [1.54, 1.807) is 12.4 Å². The zero-order valence-corrected chi connectivity index (χ0v) is 24.4. The smallest absolute Gasteiger partial charge is 0.225 e. The molecule has 0 saturated heterocycles. The summed E-state index contributed by atoms with van der Waals surface area (Å²) in [6.07, 6.45) is 8.90. The minimum absolute atomic E-state index is 0.0782. The van der Waals surface area contributed by atoms with E-state index in [2.05, 4.69) is 87.4 Å². The number of aryl methyl sites for hydroxylation is 3. The number of aromatic amines is 1. The normalized spacial score (nSPS) is 11.9. The van der Waals surface area contributed by atoms with Gasteiger partial charge in [0.2, 0.25) is 5.91 Å². The van der Waals surface area contributed by atoms with Crippen molar-refractivity contribution in [2.24, 2.45) is 0 Å². The second-order valence-electron chi connectivity index (χ2n) is 10.9. The Labute approximate surface area is 252 Å². The van der Waals surface area contributed by atoms with E-state index >= 15 is 0 Å². The molecule has 1 atom stereocenters. The molecule has 43 heavy (non-hydrogen) atoms. The molecule has 216 valence electrons. The fourth-order valence-corrected chi connectivity index (χ4v) is 5.59. The van der Waals surface area contributed by atoms with Crippen LogP contribution in [0.3, 0.4) is 0 Å². The van der Waals surface area contributed by atoms with Crippen molar-refractivity contribution in [2.75, 3.05) is 0 Å². The summed E-state index contributed by atoms with van der Waals surface area (Å²) < 4.78 is 2.20. The molecule has 0 fully saturated rings. The number of pyridine rings is 1. The van der Waals surface area contributed by atoms with Crippen LogP contribution in [0.4, 0.5) is 0 Å². The van der Waals surface area contributed by atoms with Gasteiger partial charge in [-0.05, 0) is 52.8 Å². The van der Waals surface area contributed by atoms with Crippen LogP contribution in [0.2, 0.25) is 0 Å². The van der Waals surface area contributed by atoms with Crippen molar-refractivity contribution < 1.29 is 4.79 Å². The van der Waals surface area contributed by atoms with Crippen LogP contribution in [0.25, 0.3) is 10.9 Å². The fourth-order valence-electron chi connectivity index (χ4n) is 5.59. The molecule has 0 aliphatic rings. The molecule has 6 aromatic rings. The number of H-pyrrole nitrogens is 1. The number of aromatic nitrogens is 5. The summed E-state index contributed by atoms with van der Waals surface area (Å²) in [6, 6.07) is 30.8. The average Bonchev–Trinajstić information content (AvgIpc) is 3.64. The average molecular weight is 569 g/mol. The molecule has 0 unspecified atom stereocenters. The molecule has 7 nitrogen and oxygen atoms in total. The Kier molecular flexibility index (Phi) is 8.69. The highest BCUT2D eigenvalue weighted by atomic mass is 16.1. The van der Waals surface area contributed by atoms with Crippen molar-refractivity contribution in [1.29, 1.82) is 0 Å². The number of carbonyl (C=O) groups excluding carboxylic acids is 1. The topological polar surface area (TPSA) is 88.5 Å². The monoisotopic (exact) mass is 568 g/mol. The number of fused-ring (bicyclic) bond motifs is 1. The second-order valence-corrected chi connectivity index (χ2v) is 10.9. The Morgan fingerprint density at radius 3 is 2.40 bits per heavy atom. The maximum absolute atomic E-state index is 13.4. The molecule has 3 aromatic carbocycles. The number of nitrogens with zero attached hydrogens (tertiary/aromatic N) is 4. The first-order valence-electron chi connectivity index (χ1n) is 14.9. The zero-order valence-electron chi connectivity index (χ0n) is 24.4. The van der Waals surface area contributed by atoms with Gasteiger partial charge in [0.15, 0.2) is 5.82 Å². The van der Waals surface area contributed by atoms with E-state index in [4.69, 9.17) is 10.2 Å². The Balaban J connectivity index is 1.36. The predicted molar refractivity (Wildman–Crippen MR) is 170 cm³/mol. The van der Waals surface area contributed by atoms with Gasteiger partial charge in [-0.3, -0.25) is 9.78 Å². The number of para-hydroxylation sites is 1. The van der Waals surface area contributed by atoms with Crippen LogP contribution >= 0.6 is 0 Å². The fraction of sp³-hybridized carbons (Fsp3) is 0.222. The lowest BCUT2D eigenvalue weighted by molar-refractivity contribution is -0.121. The predicted octanol–water partition coefficient (Wildman–Crippen LogP) is 6.19. The van der Waals surface area contributed by atoms with Gasteiger partial charge < -0.3 is 14.9 Å². The maximum atomic E-state index is 13.4. The Morgan fingerprint density at radius 1 is 0.837 bits per heavy atom. The van der Waals surface area contributed by atoms with Gasteiger partial charge in [0.25, 0.3) is 0 Å². The van der Waals surface area contributed by atoms with E-state index in [1.165, 1.54) is 16.7 Å². The standard InChI is InChI=1S/C36H36N6O/c1-2-26-14-16-28(17-15-26)25-42-34(19-18-27-9-4-3-5-10-27)40-41-36(42)33(39-35(43)21-29-11-8-20-37-23-29)22-30-24-38-32-13-7-6-12-31(30)32/h3-17,20,23-24,33,38H,2,18-19,21-22,25H2,1H3,(H,39,43)/t33-/m1/s1.